The molecule has 22 heavy (non-hydrogen) atoms. The number of hydrogen-bond acceptors (Lipinski definition) is 5. The van der Waals surface area contributed by atoms with E-state index in [2.05, 4.69) is 19.6 Å². The van der Waals surface area contributed by atoms with Crippen molar-refractivity contribution in [2.24, 2.45) is 0 Å². The van der Waals surface area contributed by atoms with Gasteiger partial charge in [0.2, 0.25) is 0 Å². The van der Waals surface area contributed by atoms with Gasteiger partial charge in [0.25, 0.3) is 0 Å². The number of ether oxygens (including phenoxy) is 1. The zero-order valence-electron chi connectivity index (χ0n) is 11.8. The van der Waals surface area contributed by atoms with Gasteiger partial charge in [-0.25, -0.2) is 4.98 Å². The van der Waals surface area contributed by atoms with E-state index >= 15 is 0 Å². The Bertz CT molecular complexity index is 894. The lowest BCUT2D eigenvalue weighted by atomic mass is 10.1. The molecule has 108 valence electrons. The fourth-order valence-corrected chi connectivity index (χ4v) is 2.98. The minimum atomic E-state index is 0.794. The zero-order chi connectivity index (χ0) is 14.9. The number of rotatable bonds is 3. The van der Waals surface area contributed by atoms with Crippen molar-refractivity contribution in [2.75, 3.05) is 7.11 Å². The molecule has 0 spiro atoms. The SMILES string of the molecule is COc1ccc(-c2nnsc2-c2nc3ccccc3[nH]2)cc1. The van der Waals surface area contributed by atoms with Crippen LogP contribution in [0.3, 0.4) is 0 Å². The summed E-state index contributed by atoms with van der Waals surface area (Å²) in [6.07, 6.45) is 0. The zero-order valence-corrected chi connectivity index (χ0v) is 12.6. The summed E-state index contributed by atoms with van der Waals surface area (Å²) in [7, 11) is 1.65. The topological polar surface area (TPSA) is 63.7 Å². The van der Waals surface area contributed by atoms with Crippen LogP contribution in [0.15, 0.2) is 48.5 Å². The van der Waals surface area contributed by atoms with Crippen molar-refractivity contribution in [2.45, 2.75) is 0 Å². The third-order valence-corrected chi connectivity index (χ3v) is 4.19. The van der Waals surface area contributed by atoms with E-state index in [1.165, 1.54) is 11.5 Å². The molecule has 0 unspecified atom stereocenters. The molecule has 0 amide bonds. The van der Waals surface area contributed by atoms with Crippen LogP contribution >= 0.6 is 11.5 Å². The van der Waals surface area contributed by atoms with Gasteiger partial charge in [-0.1, -0.05) is 16.6 Å². The number of nitrogens with one attached hydrogen (secondary N) is 1. The summed E-state index contributed by atoms with van der Waals surface area (Å²) in [5.74, 6) is 1.61. The van der Waals surface area contributed by atoms with Crippen LogP contribution in [-0.2, 0) is 0 Å². The number of hydrogen-bond donors (Lipinski definition) is 1. The molecular weight excluding hydrogens is 296 g/mol. The Hall–Kier alpha value is -2.73. The summed E-state index contributed by atoms with van der Waals surface area (Å²) in [6.45, 7) is 0. The van der Waals surface area contributed by atoms with Gasteiger partial charge in [0.15, 0.2) is 5.82 Å². The first kappa shape index (κ1) is 13.0. The first-order valence-electron chi connectivity index (χ1n) is 6.77. The predicted molar refractivity (Wildman–Crippen MR) is 87.0 cm³/mol. The summed E-state index contributed by atoms with van der Waals surface area (Å²) in [5.41, 5.74) is 3.76. The number of fused-ring (bicyclic) bond motifs is 1. The fourth-order valence-electron chi connectivity index (χ4n) is 2.34. The second-order valence-electron chi connectivity index (χ2n) is 4.78. The average Bonchev–Trinajstić information content (AvgIpc) is 3.21. The highest BCUT2D eigenvalue weighted by Gasteiger charge is 2.16. The Kier molecular flexibility index (Phi) is 3.08. The lowest BCUT2D eigenvalue weighted by molar-refractivity contribution is 0.415. The van der Waals surface area contributed by atoms with Gasteiger partial charge >= 0.3 is 0 Å². The first-order chi connectivity index (χ1) is 10.8. The molecule has 2 aromatic heterocycles. The Morgan fingerprint density at radius 1 is 1.05 bits per heavy atom. The van der Waals surface area contributed by atoms with Crippen LogP contribution in [0.1, 0.15) is 0 Å². The minimum Gasteiger partial charge on any atom is -0.497 e. The van der Waals surface area contributed by atoms with E-state index in [1.54, 1.807) is 7.11 Å². The van der Waals surface area contributed by atoms with Crippen LogP contribution < -0.4 is 4.74 Å². The third kappa shape index (κ3) is 2.14. The van der Waals surface area contributed by atoms with E-state index in [4.69, 9.17) is 4.74 Å². The van der Waals surface area contributed by atoms with E-state index in [9.17, 15) is 0 Å². The standard InChI is InChI=1S/C16H12N4OS/c1-21-11-8-6-10(7-9-11)14-15(22-20-19-14)16-17-12-4-2-3-5-13(12)18-16/h2-9H,1H3,(H,17,18). The molecule has 1 N–H and O–H groups in total. The smallest absolute Gasteiger partial charge is 0.152 e. The van der Waals surface area contributed by atoms with Crippen LogP contribution in [0, 0.1) is 0 Å². The summed E-state index contributed by atoms with van der Waals surface area (Å²) >= 11 is 1.34. The molecule has 2 aromatic carbocycles. The summed E-state index contributed by atoms with van der Waals surface area (Å²) in [4.78, 5) is 8.88. The highest BCUT2D eigenvalue weighted by molar-refractivity contribution is 7.09. The molecule has 2 heterocycles. The predicted octanol–water partition coefficient (Wildman–Crippen LogP) is 3.76. The van der Waals surface area contributed by atoms with Crippen molar-refractivity contribution in [3.63, 3.8) is 0 Å². The van der Waals surface area contributed by atoms with Crippen LogP contribution in [-0.4, -0.2) is 26.7 Å². The van der Waals surface area contributed by atoms with Crippen molar-refractivity contribution in [1.82, 2.24) is 19.6 Å². The van der Waals surface area contributed by atoms with Gasteiger partial charge in [-0.2, -0.15) is 0 Å². The Morgan fingerprint density at radius 2 is 1.86 bits per heavy atom. The molecular formula is C16H12N4OS. The molecule has 4 aromatic rings. The maximum absolute atomic E-state index is 5.19. The van der Waals surface area contributed by atoms with E-state index in [0.29, 0.717) is 0 Å². The van der Waals surface area contributed by atoms with Crippen molar-refractivity contribution >= 4 is 22.6 Å². The summed E-state index contributed by atoms with van der Waals surface area (Å²) in [6, 6.07) is 15.7. The highest BCUT2D eigenvalue weighted by atomic mass is 32.1. The van der Waals surface area contributed by atoms with E-state index in [0.717, 1.165) is 38.7 Å². The summed E-state index contributed by atoms with van der Waals surface area (Å²) in [5, 5.41) is 4.26. The molecule has 0 fully saturated rings. The van der Waals surface area contributed by atoms with Crippen LogP contribution in [0.25, 0.3) is 33.0 Å². The molecule has 5 nitrogen and oxygen atoms in total. The molecule has 0 bridgehead atoms. The maximum atomic E-state index is 5.19. The Labute approximate surface area is 130 Å². The van der Waals surface area contributed by atoms with Crippen molar-refractivity contribution in [3.8, 4) is 27.7 Å². The molecule has 0 aliphatic heterocycles. The number of para-hydroxylation sites is 2. The van der Waals surface area contributed by atoms with Crippen molar-refractivity contribution in [1.29, 1.82) is 0 Å². The van der Waals surface area contributed by atoms with Gasteiger partial charge in [-0.05, 0) is 47.9 Å². The summed E-state index contributed by atoms with van der Waals surface area (Å²) < 4.78 is 9.28. The van der Waals surface area contributed by atoms with Gasteiger partial charge in [0, 0.05) is 5.56 Å². The maximum Gasteiger partial charge on any atom is 0.152 e. The van der Waals surface area contributed by atoms with Gasteiger partial charge in [-0.3, -0.25) is 0 Å². The average molecular weight is 308 g/mol. The molecule has 6 heteroatoms. The van der Waals surface area contributed by atoms with Crippen LogP contribution in [0.4, 0.5) is 0 Å². The molecule has 0 saturated heterocycles. The molecule has 0 atom stereocenters. The third-order valence-electron chi connectivity index (χ3n) is 3.46. The van der Waals surface area contributed by atoms with Gasteiger partial charge in [0.05, 0.1) is 18.1 Å². The number of aromatic nitrogens is 4. The lowest BCUT2D eigenvalue weighted by Crippen LogP contribution is -1.85. The number of imidazole rings is 1. The monoisotopic (exact) mass is 308 g/mol. The second kappa shape index (κ2) is 5.23. The van der Waals surface area contributed by atoms with E-state index < -0.39 is 0 Å². The Balaban J connectivity index is 1.81. The van der Waals surface area contributed by atoms with Crippen LogP contribution in [0.5, 0.6) is 5.75 Å². The number of benzene rings is 2. The lowest BCUT2D eigenvalue weighted by Gasteiger charge is -2.01. The highest BCUT2D eigenvalue weighted by Crippen LogP contribution is 2.33. The van der Waals surface area contributed by atoms with Crippen molar-refractivity contribution < 1.29 is 4.74 Å². The quantitative estimate of drug-likeness (QED) is 0.626. The number of nitrogens with zero attached hydrogens (tertiary/aromatic N) is 3. The van der Waals surface area contributed by atoms with Gasteiger partial charge in [-0.15, -0.1) is 5.10 Å². The normalized spacial score (nSPS) is 11.0. The van der Waals surface area contributed by atoms with Crippen molar-refractivity contribution in [3.05, 3.63) is 48.5 Å². The second-order valence-corrected chi connectivity index (χ2v) is 5.54. The first-order valence-corrected chi connectivity index (χ1v) is 7.54. The molecule has 0 radical (unpaired) electrons. The van der Waals surface area contributed by atoms with Crippen LogP contribution in [0.2, 0.25) is 0 Å². The number of aromatic amines is 1. The van der Waals surface area contributed by atoms with E-state index in [-0.39, 0.29) is 0 Å². The van der Waals surface area contributed by atoms with Gasteiger partial charge < -0.3 is 9.72 Å². The molecule has 0 saturated carbocycles. The largest absolute Gasteiger partial charge is 0.497 e. The van der Waals surface area contributed by atoms with Gasteiger partial charge in [0.1, 0.15) is 16.3 Å². The minimum absolute atomic E-state index is 0.794. The molecule has 4 rings (SSSR count). The fraction of sp³-hybridized carbons (Fsp3) is 0.0625. The van der Waals surface area contributed by atoms with E-state index in [1.807, 2.05) is 48.5 Å². The number of H-pyrrole nitrogens is 1. The molecule has 0 aliphatic carbocycles. The Morgan fingerprint density at radius 3 is 2.64 bits per heavy atom. The molecule has 0 aliphatic rings. The number of methoxy groups -OCH3 is 1.